The van der Waals surface area contributed by atoms with Crippen LogP contribution in [0.3, 0.4) is 0 Å². The van der Waals surface area contributed by atoms with E-state index in [0.29, 0.717) is 36.5 Å². The quantitative estimate of drug-likeness (QED) is 0.879. The zero-order valence-corrected chi connectivity index (χ0v) is 14.3. The van der Waals surface area contributed by atoms with E-state index >= 15 is 0 Å². The molecule has 0 bridgehead atoms. The number of benzene rings is 1. The van der Waals surface area contributed by atoms with Crippen molar-refractivity contribution in [1.29, 1.82) is 0 Å². The van der Waals surface area contributed by atoms with E-state index in [1.807, 2.05) is 0 Å². The Labute approximate surface area is 140 Å². The lowest BCUT2D eigenvalue weighted by atomic mass is 10.1. The van der Waals surface area contributed by atoms with E-state index in [1.165, 1.54) is 7.11 Å². The minimum absolute atomic E-state index is 0.0265. The Morgan fingerprint density at radius 3 is 2.75 bits per heavy atom. The van der Waals surface area contributed by atoms with E-state index in [-0.39, 0.29) is 23.3 Å². The molecule has 1 atom stereocenters. The Hall–Kier alpha value is -2.09. The van der Waals surface area contributed by atoms with Gasteiger partial charge in [-0.2, -0.15) is 0 Å². The van der Waals surface area contributed by atoms with E-state index in [4.69, 9.17) is 4.74 Å². The average Bonchev–Trinajstić information content (AvgIpc) is 3.12. The summed E-state index contributed by atoms with van der Waals surface area (Å²) in [6.45, 7) is 0.619. The monoisotopic (exact) mass is 352 g/mol. The fraction of sp³-hybridized carbons (Fsp3) is 0.500. The summed E-state index contributed by atoms with van der Waals surface area (Å²) in [4.78, 5) is 25.9. The van der Waals surface area contributed by atoms with E-state index in [0.717, 1.165) is 6.42 Å². The number of hydrogen-bond acceptors (Lipinski definition) is 5. The number of methoxy groups -OCH3 is 1. The molecule has 2 amide bonds. The Morgan fingerprint density at radius 2 is 2.17 bits per heavy atom. The van der Waals surface area contributed by atoms with Crippen molar-refractivity contribution in [2.75, 3.05) is 35.4 Å². The highest BCUT2D eigenvalue weighted by atomic mass is 32.2. The summed E-state index contributed by atoms with van der Waals surface area (Å²) in [5, 5.41) is 2.75. The van der Waals surface area contributed by atoms with Gasteiger partial charge in [-0.15, -0.1) is 0 Å². The van der Waals surface area contributed by atoms with Crippen molar-refractivity contribution in [1.82, 2.24) is 0 Å². The van der Waals surface area contributed by atoms with Gasteiger partial charge in [0.05, 0.1) is 30.2 Å². The van der Waals surface area contributed by atoms with Crippen LogP contribution in [0.4, 0.5) is 11.4 Å². The van der Waals surface area contributed by atoms with Gasteiger partial charge in [-0.05, 0) is 31.0 Å². The summed E-state index contributed by atoms with van der Waals surface area (Å²) in [6.07, 6.45) is 1.64. The maximum absolute atomic E-state index is 12.3. The maximum Gasteiger partial charge on any atom is 0.228 e. The van der Waals surface area contributed by atoms with Gasteiger partial charge in [0.25, 0.3) is 0 Å². The molecule has 0 radical (unpaired) electrons. The predicted octanol–water partition coefficient (Wildman–Crippen LogP) is 1.20. The molecule has 2 fully saturated rings. The van der Waals surface area contributed by atoms with Crippen LogP contribution in [0.1, 0.15) is 19.3 Å². The SMILES string of the molecule is COc1ccc(NC(=O)C2CCS(=O)(=O)C2)cc1N1CCCC1=O. The van der Waals surface area contributed by atoms with Crippen LogP contribution in [-0.2, 0) is 19.4 Å². The third-order valence-corrected chi connectivity index (χ3v) is 6.18. The molecule has 130 valence electrons. The maximum atomic E-state index is 12.3. The first kappa shape index (κ1) is 16.8. The molecule has 1 aromatic carbocycles. The minimum atomic E-state index is -3.11. The first-order valence-corrected chi connectivity index (χ1v) is 9.71. The van der Waals surface area contributed by atoms with Gasteiger partial charge < -0.3 is 15.0 Å². The standard InChI is InChI=1S/C16H20N2O5S/c1-23-14-5-4-12(9-13(14)18-7-2-3-15(18)19)17-16(20)11-6-8-24(21,22)10-11/h4-5,9,11H,2-3,6-8,10H2,1H3,(H,17,20). The number of hydrogen-bond donors (Lipinski definition) is 1. The van der Waals surface area contributed by atoms with Gasteiger partial charge in [-0.1, -0.05) is 0 Å². The van der Waals surface area contributed by atoms with Crippen molar-refractivity contribution in [3.8, 4) is 5.75 Å². The molecule has 0 aromatic heterocycles. The highest BCUT2D eigenvalue weighted by Gasteiger charge is 2.33. The van der Waals surface area contributed by atoms with Crippen molar-refractivity contribution in [2.24, 2.45) is 5.92 Å². The molecule has 0 spiro atoms. The lowest BCUT2D eigenvalue weighted by Crippen LogP contribution is -2.26. The predicted molar refractivity (Wildman–Crippen MR) is 90.0 cm³/mol. The number of rotatable bonds is 4. The van der Waals surface area contributed by atoms with Crippen LogP contribution in [0.15, 0.2) is 18.2 Å². The van der Waals surface area contributed by atoms with Gasteiger partial charge >= 0.3 is 0 Å². The van der Waals surface area contributed by atoms with Crippen molar-refractivity contribution in [3.05, 3.63) is 18.2 Å². The number of nitrogens with zero attached hydrogens (tertiary/aromatic N) is 1. The lowest BCUT2D eigenvalue weighted by molar-refractivity contribution is -0.119. The minimum Gasteiger partial charge on any atom is -0.495 e. The number of ether oxygens (including phenoxy) is 1. The first-order valence-electron chi connectivity index (χ1n) is 7.89. The Kier molecular flexibility index (Phi) is 4.49. The van der Waals surface area contributed by atoms with Crippen molar-refractivity contribution in [2.45, 2.75) is 19.3 Å². The molecule has 1 aromatic rings. The van der Waals surface area contributed by atoms with Crippen molar-refractivity contribution in [3.63, 3.8) is 0 Å². The third kappa shape index (κ3) is 3.38. The molecular weight excluding hydrogens is 332 g/mol. The molecule has 1 N–H and O–H groups in total. The molecule has 0 saturated carbocycles. The van der Waals surface area contributed by atoms with Crippen LogP contribution < -0.4 is 15.0 Å². The normalized spacial score (nSPS) is 22.6. The van der Waals surface area contributed by atoms with Crippen LogP contribution >= 0.6 is 0 Å². The van der Waals surface area contributed by atoms with Crippen LogP contribution in [0.25, 0.3) is 0 Å². The first-order chi connectivity index (χ1) is 11.4. The second-order valence-electron chi connectivity index (χ2n) is 6.12. The molecule has 0 aliphatic carbocycles. The van der Waals surface area contributed by atoms with Gasteiger partial charge in [0.1, 0.15) is 5.75 Å². The molecule has 2 aliphatic heterocycles. The van der Waals surface area contributed by atoms with Crippen molar-refractivity contribution >= 4 is 33.0 Å². The second kappa shape index (κ2) is 6.43. The van der Waals surface area contributed by atoms with E-state index in [1.54, 1.807) is 23.1 Å². The molecule has 2 heterocycles. The Morgan fingerprint density at radius 1 is 1.38 bits per heavy atom. The summed E-state index contributed by atoms with van der Waals surface area (Å²) >= 11 is 0. The molecule has 3 rings (SSSR count). The highest BCUT2D eigenvalue weighted by molar-refractivity contribution is 7.91. The number of sulfone groups is 1. The molecule has 2 saturated heterocycles. The zero-order valence-electron chi connectivity index (χ0n) is 13.4. The molecule has 7 nitrogen and oxygen atoms in total. The summed E-state index contributed by atoms with van der Waals surface area (Å²) in [5.41, 5.74) is 1.15. The number of carbonyl (C=O) groups is 2. The number of carbonyl (C=O) groups excluding carboxylic acids is 2. The second-order valence-corrected chi connectivity index (χ2v) is 8.35. The number of amides is 2. The van der Waals surface area contributed by atoms with Gasteiger partial charge in [0.15, 0.2) is 9.84 Å². The topological polar surface area (TPSA) is 92.8 Å². The molecular formula is C16H20N2O5S. The Bertz CT molecular complexity index is 775. The smallest absolute Gasteiger partial charge is 0.228 e. The van der Waals surface area contributed by atoms with E-state index in [9.17, 15) is 18.0 Å². The Balaban J connectivity index is 1.79. The highest BCUT2D eigenvalue weighted by Crippen LogP contribution is 2.34. The van der Waals surface area contributed by atoms with Gasteiger partial charge in [0, 0.05) is 18.7 Å². The number of nitrogens with one attached hydrogen (secondary N) is 1. The molecule has 8 heteroatoms. The van der Waals surface area contributed by atoms with Crippen LogP contribution in [0.5, 0.6) is 5.75 Å². The van der Waals surface area contributed by atoms with E-state index < -0.39 is 15.8 Å². The summed E-state index contributed by atoms with van der Waals surface area (Å²) in [6, 6.07) is 5.08. The summed E-state index contributed by atoms with van der Waals surface area (Å²) < 4.78 is 28.3. The summed E-state index contributed by atoms with van der Waals surface area (Å²) in [5.74, 6) is -0.285. The third-order valence-electron chi connectivity index (χ3n) is 4.41. The molecule has 24 heavy (non-hydrogen) atoms. The van der Waals surface area contributed by atoms with Crippen LogP contribution in [-0.4, -0.2) is 45.4 Å². The van der Waals surface area contributed by atoms with Gasteiger partial charge in [-0.3, -0.25) is 9.59 Å². The van der Waals surface area contributed by atoms with Crippen molar-refractivity contribution < 1.29 is 22.7 Å². The fourth-order valence-electron chi connectivity index (χ4n) is 3.13. The zero-order chi connectivity index (χ0) is 17.3. The van der Waals surface area contributed by atoms with Gasteiger partial charge in [-0.25, -0.2) is 8.42 Å². The van der Waals surface area contributed by atoms with E-state index in [2.05, 4.69) is 5.32 Å². The number of anilines is 2. The summed E-state index contributed by atoms with van der Waals surface area (Å²) in [7, 11) is -1.58. The molecule has 2 aliphatic rings. The van der Waals surface area contributed by atoms with Crippen LogP contribution in [0.2, 0.25) is 0 Å². The lowest BCUT2D eigenvalue weighted by Gasteiger charge is -2.20. The average molecular weight is 352 g/mol. The fourth-order valence-corrected chi connectivity index (χ4v) is 4.87. The molecule has 1 unspecified atom stereocenters. The van der Waals surface area contributed by atoms with Gasteiger partial charge in [0.2, 0.25) is 11.8 Å². The largest absolute Gasteiger partial charge is 0.495 e. The van der Waals surface area contributed by atoms with Crippen LogP contribution in [0, 0.1) is 5.92 Å².